The highest BCUT2D eigenvalue weighted by molar-refractivity contribution is 5.97. The molecule has 1 aliphatic heterocycles. The minimum absolute atomic E-state index is 0.0399. The molecule has 5 unspecified atom stereocenters. The maximum atomic E-state index is 14.8. The molecule has 0 aromatic rings. The Morgan fingerprint density at radius 2 is 1.28 bits per heavy atom. The standard InChI is InChI=1S/C53H90N8O11/c1-15-17-19-20-22-25-42(57(12)47(66)35-61(26-18-16-2)46(65)33-39(7)63)52(71)59(14)44(32-38(5)6)49(68)55-41(36-72-53(8,9)10)50(69)58(13)43(31-37(3)4)48(67)54-40(34-45(64)56(11)29-30-62)51(70)60-27-23-21-24-28-60/h15,17,19-20,22,30,37-44,63H,1,16,18,21,23-29,31-36H2,2-14H3,(H,54,67)(H,55,68)/b19-17-,22-20+/t39?,40-,41?,42?,43?,44?/m0/s1. The summed E-state index contributed by atoms with van der Waals surface area (Å²) in [6.45, 7) is 20.3. The second kappa shape index (κ2) is 32.6. The van der Waals surface area contributed by atoms with Crippen molar-refractivity contribution in [1.29, 1.82) is 0 Å². The number of aliphatic hydroxyl groups is 1. The van der Waals surface area contributed by atoms with Crippen molar-refractivity contribution in [3.63, 3.8) is 0 Å². The van der Waals surface area contributed by atoms with E-state index in [0.29, 0.717) is 25.8 Å². The van der Waals surface area contributed by atoms with Gasteiger partial charge in [-0.2, -0.15) is 0 Å². The van der Waals surface area contributed by atoms with Gasteiger partial charge in [-0.05, 0) is 84.5 Å². The highest BCUT2D eigenvalue weighted by atomic mass is 16.5. The zero-order valence-electron chi connectivity index (χ0n) is 45.8. The lowest BCUT2D eigenvalue weighted by atomic mass is 9.99. The number of amides is 8. The molecule has 1 saturated heterocycles. The second-order valence-electron chi connectivity index (χ2n) is 20.8. The Morgan fingerprint density at radius 1 is 0.722 bits per heavy atom. The largest absolute Gasteiger partial charge is 0.393 e. The minimum atomic E-state index is -1.38. The van der Waals surface area contributed by atoms with Crippen molar-refractivity contribution >= 4 is 53.5 Å². The summed E-state index contributed by atoms with van der Waals surface area (Å²) in [5.41, 5.74) is -0.780. The Bertz CT molecular complexity index is 1860. The van der Waals surface area contributed by atoms with Gasteiger partial charge in [0.05, 0.1) is 44.2 Å². The Kier molecular flexibility index (Phi) is 29.2. The van der Waals surface area contributed by atoms with Crippen LogP contribution in [0.3, 0.4) is 0 Å². The lowest BCUT2D eigenvalue weighted by molar-refractivity contribution is -0.151. The van der Waals surface area contributed by atoms with Crippen molar-refractivity contribution < 1.29 is 53.0 Å². The molecule has 3 N–H and O–H groups in total. The molecule has 1 heterocycles. The summed E-state index contributed by atoms with van der Waals surface area (Å²) < 4.78 is 6.10. The van der Waals surface area contributed by atoms with Crippen LogP contribution in [0, 0.1) is 11.8 Å². The maximum absolute atomic E-state index is 14.8. The highest BCUT2D eigenvalue weighted by Gasteiger charge is 2.40. The van der Waals surface area contributed by atoms with Gasteiger partial charge in [0.25, 0.3) is 0 Å². The Balaban J connectivity index is 3.74. The lowest BCUT2D eigenvalue weighted by Crippen LogP contribution is -2.61. The highest BCUT2D eigenvalue weighted by Crippen LogP contribution is 2.20. The normalized spacial score (nSPS) is 15.5. The van der Waals surface area contributed by atoms with Crippen LogP contribution in [0.5, 0.6) is 0 Å². The van der Waals surface area contributed by atoms with Crippen molar-refractivity contribution in [2.45, 2.75) is 168 Å². The molecule has 19 nitrogen and oxygen atoms in total. The third kappa shape index (κ3) is 23.0. The van der Waals surface area contributed by atoms with Gasteiger partial charge in [0, 0.05) is 47.8 Å². The number of likely N-dealkylation sites (tertiary alicyclic amines) is 1. The van der Waals surface area contributed by atoms with E-state index in [-0.39, 0.29) is 63.8 Å². The quantitative estimate of drug-likeness (QED) is 0.0673. The molecule has 408 valence electrons. The van der Waals surface area contributed by atoms with Crippen LogP contribution in [0.25, 0.3) is 0 Å². The van der Waals surface area contributed by atoms with Crippen molar-refractivity contribution in [1.82, 2.24) is 40.0 Å². The molecule has 0 saturated carbocycles. The van der Waals surface area contributed by atoms with Crippen molar-refractivity contribution in [3.8, 4) is 0 Å². The number of carbonyl (C=O) groups excluding carboxylic acids is 9. The van der Waals surface area contributed by atoms with Crippen LogP contribution in [0.15, 0.2) is 37.0 Å². The van der Waals surface area contributed by atoms with Gasteiger partial charge in [0.15, 0.2) is 0 Å². The second-order valence-corrected chi connectivity index (χ2v) is 20.8. The fraction of sp³-hybridized carbons (Fsp3) is 0.717. The van der Waals surface area contributed by atoms with E-state index in [4.69, 9.17) is 4.74 Å². The Morgan fingerprint density at radius 3 is 1.78 bits per heavy atom. The molecular weight excluding hydrogens is 925 g/mol. The number of allylic oxidation sites excluding steroid dienone is 4. The van der Waals surface area contributed by atoms with Gasteiger partial charge >= 0.3 is 0 Å². The molecule has 72 heavy (non-hydrogen) atoms. The van der Waals surface area contributed by atoms with Gasteiger partial charge in [-0.1, -0.05) is 78.0 Å². The molecule has 0 bridgehead atoms. The molecule has 1 rings (SSSR count). The minimum Gasteiger partial charge on any atom is -0.393 e. The number of ether oxygens (including phenoxy) is 1. The SMILES string of the molecule is C=C/C=C\C=C\CC(C(=O)N(C)C(CC(C)C)C(=O)NC(COC(C)(C)C)C(=O)N(C)C(CC(C)C)C(=O)N[C@@H](CC(=O)N(C)CC=O)C(=O)N1CCCCC1)N(C)C(=O)CN(CCCC)C(=O)CC(C)O. The number of hydrogen-bond donors (Lipinski definition) is 3. The van der Waals surface area contributed by atoms with Gasteiger partial charge in [-0.3, -0.25) is 38.4 Å². The van der Waals surface area contributed by atoms with E-state index < -0.39 is 95.6 Å². The van der Waals surface area contributed by atoms with E-state index in [0.717, 1.165) is 25.7 Å². The summed E-state index contributed by atoms with van der Waals surface area (Å²) in [6, 6.07) is -6.13. The molecule has 8 amide bonds. The van der Waals surface area contributed by atoms with E-state index in [1.54, 1.807) is 56.1 Å². The number of piperidine rings is 1. The zero-order valence-corrected chi connectivity index (χ0v) is 45.8. The number of likely N-dealkylation sites (N-methyl/N-ethyl adjacent to an activating group) is 4. The molecule has 0 spiro atoms. The number of nitrogens with one attached hydrogen (secondary N) is 2. The number of aldehydes is 1. The first kappa shape index (κ1) is 64.6. The third-order valence-corrected chi connectivity index (χ3v) is 12.3. The molecular formula is C53H90N8O11. The lowest BCUT2D eigenvalue weighted by Gasteiger charge is -2.37. The molecule has 19 heteroatoms. The molecule has 0 aromatic heterocycles. The average molecular weight is 1020 g/mol. The van der Waals surface area contributed by atoms with Gasteiger partial charge < -0.3 is 54.7 Å². The average Bonchev–Trinajstić information content (AvgIpc) is 3.31. The van der Waals surface area contributed by atoms with Gasteiger partial charge in [0.1, 0.15) is 36.5 Å². The van der Waals surface area contributed by atoms with E-state index in [9.17, 15) is 48.3 Å². The van der Waals surface area contributed by atoms with Gasteiger partial charge in [-0.15, -0.1) is 0 Å². The molecule has 0 aromatic carbocycles. The van der Waals surface area contributed by atoms with Crippen LogP contribution in [-0.2, 0) is 47.9 Å². The summed E-state index contributed by atoms with van der Waals surface area (Å²) in [5, 5.41) is 15.6. The number of rotatable bonds is 31. The van der Waals surface area contributed by atoms with Crippen molar-refractivity contribution in [2.24, 2.45) is 11.8 Å². The number of aliphatic hydroxyl groups excluding tert-OH is 1. The molecule has 0 radical (unpaired) electrons. The van der Waals surface area contributed by atoms with Crippen LogP contribution in [0.2, 0.25) is 0 Å². The number of unbranched alkanes of at least 4 members (excludes halogenated alkanes) is 1. The summed E-state index contributed by atoms with van der Waals surface area (Å²) in [4.78, 5) is 132. The third-order valence-electron chi connectivity index (χ3n) is 12.3. The van der Waals surface area contributed by atoms with Crippen LogP contribution < -0.4 is 10.6 Å². The first-order valence-corrected chi connectivity index (χ1v) is 25.6. The number of hydrogen-bond acceptors (Lipinski definition) is 11. The fourth-order valence-corrected chi connectivity index (χ4v) is 8.01. The van der Waals surface area contributed by atoms with Gasteiger partial charge in [0.2, 0.25) is 47.3 Å². The Labute approximate surface area is 430 Å². The van der Waals surface area contributed by atoms with Crippen molar-refractivity contribution in [3.05, 3.63) is 37.0 Å². The van der Waals surface area contributed by atoms with E-state index in [1.165, 1.54) is 59.6 Å². The molecule has 6 atom stereocenters. The summed E-state index contributed by atoms with van der Waals surface area (Å²) in [7, 11) is 5.78. The van der Waals surface area contributed by atoms with Crippen LogP contribution >= 0.6 is 0 Å². The Hall–Kier alpha value is -5.43. The topological polar surface area (TPSA) is 227 Å². The van der Waals surface area contributed by atoms with Gasteiger partial charge in [-0.25, -0.2) is 0 Å². The van der Waals surface area contributed by atoms with Crippen molar-refractivity contribution in [2.75, 3.05) is 67.5 Å². The van der Waals surface area contributed by atoms with E-state index in [2.05, 4.69) is 17.2 Å². The molecule has 0 aliphatic carbocycles. The number of carbonyl (C=O) groups is 9. The first-order valence-electron chi connectivity index (χ1n) is 25.6. The van der Waals surface area contributed by atoms with E-state index >= 15 is 0 Å². The summed E-state index contributed by atoms with van der Waals surface area (Å²) in [6.07, 6.45) is 11.6. The zero-order chi connectivity index (χ0) is 54.9. The predicted octanol–water partition coefficient (Wildman–Crippen LogP) is 3.49. The summed E-state index contributed by atoms with van der Waals surface area (Å²) >= 11 is 0. The molecule has 1 fully saturated rings. The smallest absolute Gasteiger partial charge is 0.247 e. The first-order chi connectivity index (χ1) is 33.7. The fourth-order valence-electron chi connectivity index (χ4n) is 8.01. The maximum Gasteiger partial charge on any atom is 0.247 e. The van der Waals surface area contributed by atoms with Crippen LogP contribution in [0.4, 0.5) is 0 Å². The predicted molar refractivity (Wildman–Crippen MR) is 278 cm³/mol. The monoisotopic (exact) mass is 1010 g/mol. The molecule has 1 aliphatic rings. The van der Waals surface area contributed by atoms with E-state index in [1.807, 2.05) is 34.6 Å². The number of nitrogens with zero attached hydrogens (tertiary/aromatic N) is 6. The van der Waals surface area contributed by atoms with Crippen LogP contribution in [-0.4, -0.2) is 197 Å². The van der Waals surface area contributed by atoms with Crippen LogP contribution in [0.1, 0.15) is 127 Å². The summed E-state index contributed by atoms with van der Waals surface area (Å²) in [5.74, 6) is -4.83.